The summed E-state index contributed by atoms with van der Waals surface area (Å²) in [5, 5.41) is 10.5. The molecule has 0 unspecified atom stereocenters. The fraction of sp³-hybridized carbons (Fsp3) is 0.294. The van der Waals surface area contributed by atoms with Crippen molar-refractivity contribution >= 4 is 34.2 Å². The average Bonchev–Trinajstić information content (AvgIpc) is 3.03. The van der Waals surface area contributed by atoms with Crippen LogP contribution in [0.1, 0.15) is 9.88 Å². The standard InChI is InChI=1S/C17H15N5O3S2/c1-10-19-5-12(26-10)6-22-15(23)13-4-11(2-3-14(13)20-16(22)24)27-21-17(7-18)8-25-9-17/h2-5,21H,6,8-9H2,1H3,(H,20,24). The maximum Gasteiger partial charge on any atom is 0.329 e. The molecule has 3 heterocycles. The van der Waals surface area contributed by atoms with Crippen LogP contribution in [0.15, 0.2) is 38.9 Å². The number of nitrogens with zero attached hydrogens (tertiary/aromatic N) is 3. The predicted molar refractivity (Wildman–Crippen MR) is 103 cm³/mol. The van der Waals surface area contributed by atoms with Gasteiger partial charge in [-0.25, -0.2) is 14.5 Å². The summed E-state index contributed by atoms with van der Waals surface area (Å²) in [6, 6.07) is 7.40. The van der Waals surface area contributed by atoms with Gasteiger partial charge in [-0.2, -0.15) is 5.26 Å². The van der Waals surface area contributed by atoms with Crippen molar-refractivity contribution in [2.24, 2.45) is 0 Å². The number of fused-ring (bicyclic) bond motifs is 1. The minimum atomic E-state index is -0.700. The van der Waals surface area contributed by atoms with Gasteiger partial charge in [0.05, 0.1) is 41.7 Å². The van der Waals surface area contributed by atoms with Crippen molar-refractivity contribution in [3.05, 3.63) is 55.1 Å². The fourth-order valence-electron chi connectivity index (χ4n) is 2.68. The minimum absolute atomic E-state index is 0.181. The summed E-state index contributed by atoms with van der Waals surface area (Å²) >= 11 is 2.72. The van der Waals surface area contributed by atoms with Crippen LogP contribution in [0.2, 0.25) is 0 Å². The van der Waals surface area contributed by atoms with E-state index in [1.165, 1.54) is 27.9 Å². The molecule has 2 aromatic heterocycles. The molecule has 1 aromatic carbocycles. The summed E-state index contributed by atoms with van der Waals surface area (Å²) in [5.74, 6) is 0. The second-order valence-corrected chi connectivity index (χ2v) is 8.46. The maximum absolute atomic E-state index is 12.9. The molecule has 0 bridgehead atoms. The third-order valence-electron chi connectivity index (χ3n) is 4.21. The second-order valence-electron chi connectivity index (χ2n) is 6.27. The molecular weight excluding hydrogens is 386 g/mol. The molecule has 138 valence electrons. The highest BCUT2D eigenvalue weighted by Gasteiger charge is 2.39. The number of aromatic amines is 1. The van der Waals surface area contributed by atoms with Crippen LogP contribution in [0.25, 0.3) is 10.9 Å². The van der Waals surface area contributed by atoms with E-state index in [0.29, 0.717) is 24.1 Å². The SMILES string of the molecule is Cc1ncc(Cn2c(=O)[nH]c3ccc(SNC4(C#N)COC4)cc3c2=O)s1. The van der Waals surface area contributed by atoms with Crippen molar-refractivity contribution in [1.82, 2.24) is 19.3 Å². The van der Waals surface area contributed by atoms with Crippen LogP contribution >= 0.6 is 23.3 Å². The van der Waals surface area contributed by atoms with Crippen LogP contribution in [-0.4, -0.2) is 33.3 Å². The van der Waals surface area contributed by atoms with E-state index in [4.69, 9.17) is 4.74 Å². The van der Waals surface area contributed by atoms with Crippen LogP contribution < -0.4 is 16.0 Å². The lowest BCUT2D eigenvalue weighted by molar-refractivity contribution is -0.0311. The first-order valence-electron chi connectivity index (χ1n) is 8.11. The molecule has 0 radical (unpaired) electrons. The summed E-state index contributed by atoms with van der Waals surface area (Å²) in [6.45, 7) is 2.72. The Morgan fingerprint density at radius 3 is 2.93 bits per heavy atom. The zero-order valence-electron chi connectivity index (χ0n) is 14.3. The smallest absolute Gasteiger partial charge is 0.329 e. The number of nitrogens with one attached hydrogen (secondary N) is 2. The molecular formula is C17H15N5O3S2. The summed E-state index contributed by atoms with van der Waals surface area (Å²) in [4.78, 5) is 33.7. The van der Waals surface area contributed by atoms with E-state index in [1.54, 1.807) is 24.4 Å². The predicted octanol–water partition coefficient (Wildman–Crippen LogP) is 1.39. The number of rotatable bonds is 5. The number of hydrogen-bond acceptors (Lipinski definition) is 8. The van der Waals surface area contributed by atoms with E-state index in [9.17, 15) is 14.9 Å². The fourth-order valence-corrected chi connectivity index (χ4v) is 4.25. The monoisotopic (exact) mass is 401 g/mol. The minimum Gasteiger partial charge on any atom is -0.375 e. The number of thiazole rings is 1. The zero-order chi connectivity index (χ0) is 19.0. The molecule has 8 nitrogen and oxygen atoms in total. The van der Waals surface area contributed by atoms with Crippen molar-refractivity contribution in [3.8, 4) is 6.07 Å². The van der Waals surface area contributed by atoms with Gasteiger partial charge in [-0.15, -0.1) is 11.3 Å². The van der Waals surface area contributed by atoms with Gasteiger partial charge in [0.1, 0.15) is 0 Å². The second kappa shape index (κ2) is 6.94. The lowest BCUT2D eigenvalue weighted by Gasteiger charge is -2.35. The highest BCUT2D eigenvalue weighted by molar-refractivity contribution is 7.97. The molecule has 0 atom stereocenters. The van der Waals surface area contributed by atoms with Gasteiger partial charge in [0, 0.05) is 16.0 Å². The van der Waals surface area contributed by atoms with Crippen molar-refractivity contribution in [1.29, 1.82) is 5.26 Å². The molecule has 1 fully saturated rings. The molecule has 3 aromatic rings. The summed E-state index contributed by atoms with van der Waals surface area (Å²) in [6.07, 6.45) is 1.67. The van der Waals surface area contributed by atoms with Crippen molar-refractivity contribution in [2.45, 2.75) is 23.9 Å². The molecule has 27 heavy (non-hydrogen) atoms. The molecule has 10 heteroatoms. The summed E-state index contributed by atoms with van der Waals surface area (Å²) in [5.41, 5.74) is -1.03. The van der Waals surface area contributed by atoms with Crippen LogP contribution in [-0.2, 0) is 11.3 Å². The Hall–Kier alpha value is -2.45. The molecule has 0 spiro atoms. The molecule has 1 saturated heterocycles. The van der Waals surface area contributed by atoms with Gasteiger partial charge in [0.15, 0.2) is 5.54 Å². The maximum atomic E-state index is 12.9. The number of hydrogen-bond donors (Lipinski definition) is 2. The van der Waals surface area contributed by atoms with Gasteiger partial charge in [-0.1, -0.05) is 0 Å². The van der Waals surface area contributed by atoms with Crippen LogP contribution in [0, 0.1) is 18.3 Å². The Morgan fingerprint density at radius 2 is 2.30 bits per heavy atom. The van der Waals surface area contributed by atoms with E-state index in [0.717, 1.165) is 14.8 Å². The quantitative estimate of drug-likeness (QED) is 0.621. The number of ether oxygens (including phenoxy) is 1. The molecule has 0 saturated carbocycles. The average molecular weight is 401 g/mol. The van der Waals surface area contributed by atoms with Gasteiger partial charge < -0.3 is 9.72 Å². The number of nitriles is 1. The highest BCUT2D eigenvalue weighted by atomic mass is 32.2. The van der Waals surface area contributed by atoms with Gasteiger partial charge in [-0.05, 0) is 37.1 Å². The largest absolute Gasteiger partial charge is 0.375 e. The lowest BCUT2D eigenvalue weighted by Crippen LogP contribution is -2.56. The van der Waals surface area contributed by atoms with E-state index in [2.05, 4.69) is 20.8 Å². The van der Waals surface area contributed by atoms with Gasteiger partial charge in [0.25, 0.3) is 5.56 Å². The first-order valence-corrected chi connectivity index (χ1v) is 9.74. The Kier molecular flexibility index (Phi) is 4.61. The Balaban J connectivity index is 1.66. The molecule has 2 N–H and O–H groups in total. The third kappa shape index (κ3) is 3.42. The van der Waals surface area contributed by atoms with Crippen molar-refractivity contribution < 1.29 is 4.74 Å². The van der Waals surface area contributed by atoms with Crippen LogP contribution in [0.5, 0.6) is 0 Å². The van der Waals surface area contributed by atoms with E-state index < -0.39 is 11.2 Å². The number of H-pyrrole nitrogens is 1. The number of aryl methyl sites for hydroxylation is 1. The van der Waals surface area contributed by atoms with E-state index >= 15 is 0 Å². The summed E-state index contributed by atoms with van der Waals surface area (Å²) in [7, 11) is 0. The Bertz CT molecular complexity index is 1170. The van der Waals surface area contributed by atoms with Crippen LogP contribution in [0.3, 0.4) is 0 Å². The molecule has 4 rings (SSSR count). The van der Waals surface area contributed by atoms with E-state index in [-0.39, 0.29) is 12.1 Å². The molecule has 1 aliphatic heterocycles. The van der Waals surface area contributed by atoms with Gasteiger partial charge in [0.2, 0.25) is 0 Å². The number of aromatic nitrogens is 3. The Labute approximate surface area is 162 Å². The molecule has 0 aliphatic carbocycles. The highest BCUT2D eigenvalue weighted by Crippen LogP contribution is 2.25. The first kappa shape index (κ1) is 17.9. The van der Waals surface area contributed by atoms with Gasteiger partial charge >= 0.3 is 5.69 Å². The molecule has 0 amide bonds. The van der Waals surface area contributed by atoms with E-state index in [1.807, 2.05) is 6.92 Å². The third-order valence-corrected chi connectivity index (χ3v) is 6.09. The van der Waals surface area contributed by atoms with Crippen molar-refractivity contribution in [2.75, 3.05) is 13.2 Å². The lowest BCUT2D eigenvalue weighted by atomic mass is 10.0. The van der Waals surface area contributed by atoms with Gasteiger partial charge in [-0.3, -0.25) is 9.36 Å². The topological polar surface area (TPSA) is 113 Å². The van der Waals surface area contributed by atoms with Crippen molar-refractivity contribution in [3.63, 3.8) is 0 Å². The zero-order valence-corrected chi connectivity index (χ0v) is 15.9. The first-order chi connectivity index (χ1) is 13.0. The summed E-state index contributed by atoms with van der Waals surface area (Å²) < 4.78 is 9.37. The normalized spacial score (nSPS) is 15.4. The van der Waals surface area contributed by atoms with Crippen LogP contribution in [0.4, 0.5) is 0 Å². The number of benzene rings is 1. The molecule has 1 aliphatic rings. The Morgan fingerprint density at radius 1 is 1.48 bits per heavy atom.